The van der Waals surface area contributed by atoms with Crippen LogP contribution in [0.3, 0.4) is 0 Å². The first-order valence-corrected chi connectivity index (χ1v) is 12.0. The number of imidazole rings is 1. The highest BCUT2D eigenvalue weighted by molar-refractivity contribution is 6.05. The summed E-state index contributed by atoms with van der Waals surface area (Å²) in [7, 11) is 1.33. The van der Waals surface area contributed by atoms with Crippen LogP contribution >= 0.6 is 0 Å². The Morgan fingerprint density at radius 1 is 0.853 bits per heavy atom. The Balaban J connectivity index is 1.19. The van der Waals surface area contributed by atoms with Crippen molar-refractivity contribution in [3.05, 3.63) is 70.1 Å². The number of benzene rings is 2. The summed E-state index contributed by atoms with van der Waals surface area (Å²) in [6.45, 7) is 3.22. The molecule has 2 aliphatic heterocycles. The van der Waals surface area contributed by atoms with Crippen molar-refractivity contribution in [3.8, 4) is 0 Å². The summed E-state index contributed by atoms with van der Waals surface area (Å²) in [5, 5.41) is 0. The van der Waals surface area contributed by atoms with Crippen LogP contribution in [0.2, 0.25) is 0 Å². The molecule has 3 heterocycles. The fourth-order valence-electron chi connectivity index (χ4n) is 5.51. The molecule has 0 bridgehead atoms. The molecule has 2 saturated heterocycles. The third-order valence-corrected chi connectivity index (χ3v) is 7.32. The van der Waals surface area contributed by atoms with Gasteiger partial charge in [0.2, 0.25) is 0 Å². The van der Waals surface area contributed by atoms with Crippen molar-refractivity contribution >= 4 is 22.9 Å². The van der Waals surface area contributed by atoms with Crippen molar-refractivity contribution in [3.63, 3.8) is 0 Å². The van der Waals surface area contributed by atoms with E-state index in [1.165, 1.54) is 7.11 Å². The van der Waals surface area contributed by atoms with Crippen molar-refractivity contribution < 1.29 is 14.3 Å². The number of esters is 1. The number of carbonyl (C=O) groups excluding carboxylic acids is 2. The van der Waals surface area contributed by atoms with E-state index < -0.39 is 5.97 Å². The van der Waals surface area contributed by atoms with Gasteiger partial charge >= 0.3 is 11.7 Å². The molecule has 1 aromatic heterocycles. The van der Waals surface area contributed by atoms with Gasteiger partial charge in [0.25, 0.3) is 5.91 Å². The molecule has 2 fully saturated rings. The van der Waals surface area contributed by atoms with E-state index >= 15 is 0 Å². The van der Waals surface area contributed by atoms with Gasteiger partial charge < -0.3 is 19.5 Å². The molecule has 8 nitrogen and oxygen atoms in total. The number of methoxy groups -OCH3 is 1. The van der Waals surface area contributed by atoms with Gasteiger partial charge in [-0.15, -0.1) is 0 Å². The lowest BCUT2D eigenvalue weighted by Crippen LogP contribution is -2.49. The zero-order valence-electron chi connectivity index (χ0n) is 19.4. The van der Waals surface area contributed by atoms with E-state index in [-0.39, 0.29) is 17.6 Å². The molecule has 178 valence electrons. The topological polar surface area (TPSA) is 87.6 Å². The zero-order chi connectivity index (χ0) is 23.7. The number of piperidine rings is 2. The number of ether oxygens (including phenoxy) is 1. The molecule has 2 aromatic carbocycles. The number of likely N-dealkylation sites (tertiary alicyclic amines) is 2. The number of rotatable bonds is 4. The number of fused-ring (bicyclic) bond motifs is 1. The second-order valence-electron chi connectivity index (χ2n) is 9.14. The predicted molar refractivity (Wildman–Crippen MR) is 129 cm³/mol. The van der Waals surface area contributed by atoms with Crippen LogP contribution in [0.4, 0.5) is 0 Å². The number of nitrogens with one attached hydrogen (secondary N) is 1. The van der Waals surface area contributed by atoms with Crippen LogP contribution in [-0.2, 0) is 4.74 Å². The summed E-state index contributed by atoms with van der Waals surface area (Å²) in [5.41, 5.74) is 2.55. The SMILES string of the molecule is COC(=O)c1ccccc1C(=O)N1CCC(N2CCC(n3c(=O)[nH]c4ccccc43)CC2)CC1. The lowest BCUT2D eigenvalue weighted by Gasteiger charge is -2.42. The number of aromatic amines is 1. The van der Waals surface area contributed by atoms with E-state index in [0.717, 1.165) is 49.8 Å². The Kier molecular flexibility index (Phi) is 6.24. The fourth-order valence-corrected chi connectivity index (χ4v) is 5.51. The minimum Gasteiger partial charge on any atom is -0.465 e. The highest BCUT2D eigenvalue weighted by Crippen LogP contribution is 2.28. The Morgan fingerprint density at radius 2 is 1.47 bits per heavy atom. The van der Waals surface area contributed by atoms with Crippen LogP contribution in [0, 0.1) is 0 Å². The van der Waals surface area contributed by atoms with Crippen LogP contribution in [-0.4, -0.2) is 70.6 Å². The van der Waals surface area contributed by atoms with Crippen molar-refractivity contribution in [1.82, 2.24) is 19.4 Å². The van der Waals surface area contributed by atoms with Crippen molar-refractivity contribution in [2.75, 3.05) is 33.3 Å². The predicted octanol–water partition coefficient (Wildman–Crippen LogP) is 3.06. The van der Waals surface area contributed by atoms with Gasteiger partial charge in [0.1, 0.15) is 0 Å². The minimum atomic E-state index is -0.490. The number of nitrogens with zero attached hydrogens (tertiary/aromatic N) is 3. The summed E-state index contributed by atoms with van der Waals surface area (Å²) in [5.74, 6) is -0.604. The van der Waals surface area contributed by atoms with Gasteiger partial charge in [-0.1, -0.05) is 24.3 Å². The van der Waals surface area contributed by atoms with Gasteiger partial charge in [0.05, 0.1) is 29.3 Å². The molecule has 0 atom stereocenters. The van der Waals surface area contributed by atoms with E-state index in [4.69, 9.17) is 4.74 Å². The monoisotopic (exact) mass is 462 g/mol. The molecule has 0 unspecified atom stereocenters. The third kappa shape index (κ3) is 4.14. The lowest BCUT2D eigenvalue weighted by atomic mass is 9.96. The molecule has 3 aromatic rings. The third-order valence-electron chi connectivity index (χ3n) is 7.32. The average Bonchev–Trinajstić information content (AvgIpc) is 3.23. The molecule has 0 saturated carbocycles. The van der Waals surface area contributed by atoms with Gasteiger partial charge in [-0.3, -0.25) is 9.36 Å². The number of hydrogen-bond donors (Lipinski definition) is 1. The summed E-state index contributed by atoms with van der Waals surface area (Å²) in [4.78, 5) is 45.0. The molecule has 1 N–H and O–H groups in total. The largest absolute Gasteiger partial charge is 0.465 e. The second kappa shape index (κ2) is 9.46. The van der Waals surface area contributed by atoms with Crippen LogP contribution < -0.4 is 5.69 Å². The van der Waals surface area contributed by atoms with Crippen molar-refractivity contribution in [1.29, 1.82) is 0 Å². The molecule has 0 radical (unpaired) electrons. The number of aromatic nitrogens is 2. The van der Waals surface area contributed by atoms with Gasteiger partial charge in [-0.05, 0) is 49.9 Å². The van der Waals surface area contributed by atoms with Gasteiger partial charge in [0, 0.05) is 38.3 Å². The van der Waals surface area contributed by atoms with Crippen LogP contribution in [0.1, 0.15) is 52.4 Å². The van der Waals surface area contributed by atoms with E-state index in [0.29, 0.717) is 30.3 Å². The second-order valence-corrected chi connectivity index (χ2v) is 9.14. The van der Waals surface area contributed by atoms with Gasteiger partial charge in [-0.25, -0.2) is 9.59 Å². The summed E-state index contributed by atoms with van der Waals surface area (Å²) in [6, 6.07) is 15.3. The standard InChI is InChI=1S/C26H30N4O4/c1-34-25(32)21-7-3-2-6-20(21)24(31)29-16-10-18(11-17-29)28-14-12-19(13-15-28)30-23-9-5-4-8-22(23)27-26(30)33/h2-9,18-19H,10-17H2,1H3,(H,27,33). The molecule has 1 amide bonds. The summed E-state index contributed by atoms with van der Waals surface area (Å²) in [6.07, 6.45) is 3.69. The van der Waals surface area contributed by atoms with Gasteiger partial charge in [0.15, 0.2) is 0 Å². The van der Waals surface area contributed by atoms with Crippen LogP contribution in [0.25, 0.3) is 11.0 Å². The number of amides is 1. The maximum Gasteiger partial charge on any atom is 0.338 e. The zero-order valence-corrected chi connectivity index (χ0v) is 19.4. The maximum atomic E-state index is 13.1. The highest BCUT2D eigenvalue weighted by Gasteiger charge is 2.32. The molecular formula is C26H30N4O4. The molecule has 0 spiro atoms. The maximum absolute atomic E-state index is 13.1. The number of hydrogen-bond acceptors (Lipinski definition) is 5. The number of para-hydroxylation sites is 2. The molecule has 0 aliphatic carbocycles. The molecule has 2 aliphatic rings. The molecule has 8 heteroatoms. The first-order valence-electron chi connectivity index (χ1n) is 12.0. The molecule has 34 heavy (non-hydrogen) atoms. The first-order chi connectivity index (χ1) is 16.6. The van der Waals surface area contributed by atoms with E-state index in [9.17, 15) is 14.4 Å². The smallest absolute Gasteiger partial charge is 0.338 e. The molecular weight excluding hydrogens is 432 g/mol. The summed E-state index contributed by atoms with van der Waals surface area (Å²) >= 11 is 0. The quantitative estimate of drug-likeness (QED) is 0.602. The highest BCUT2D eigenvalue weighted by atomic mass is 16.5. The fraction of sp³-hybridized carbons (Fsp3) is 0.423. The Hall–Kier alpha value is -3.39. The van der Waals surface area contributed by atoms with E-state index in [2.05, 4.69) is 9.88 Å². The normalized spacial score (nSPS) is 18.3. The van der Waals surface area contributed by atoms with E-state index in [1.807, 2.05) is 33.7 Å². The Bertz CT molecular complexity index is 1250. The van der Waals surface area contributed by atoms with Crippen molar-refractivity contribution in [2.45, 2.75) is 37.8 Å². The Labute approximate surface area is 198 Å². The van der Waals surface area contributed by atoms with Crippen LogP contribution in [0.5, 0.6) is 0 Å². The summed E-state index contributed by atoms with van der Waals surface area (Å²) < 4.78 is 6.76. The minimum absolute atomic E-state index is 0.0290. The molecule has 5 rings (SSSR count). The first kappa shape index (κ1) is 22.4. The average molecular weight is 463 g/mol. The van der Waals surface area contributed by atoms with E-state index in [1.54, 1.807) is 24.3 Å². The number of carbonyl (C=O) groups is 2. The van der Waals surface area contributed by atoms with Crippen LogP contribution in [0.15, 0.2) is 53.3 Å². The lowest BCUT2D eigenvalue weighted by molar-refractivity contribution is 0.0535. The van der Waals surface area contributed by atoms with Gasteiger partial charge in [-0.2, -0.15) is 0 Å². The number of H-pyrrole nitrogens is 1. The Morgan fingerprint density at radius 3 is 2.18 bits per heavy atom. The van der Waals surface area contributed by atoms with Crippen molar-refractivity contribution in [2.24, 2.45) is 0 Å².